The van der Waals surface area contributed by atoms with E-state index in [-0.39, 0.29) is 11.4 Å². The molecule has 0 aromatic heterocycles. The molecule has 0 heterocycles. The summed E-state index contributed by atoms with van der Waals surface area (Å²) in [4.78, 5) is 0. The van der Waals surface area contributed by atoms with Gasteiger partial charge in [-0.25, -0.2) is 4.21 Å². The maximum atomic E-state index is 13.3. The van der Waals surface area contributed by atoms with Crippen LogP contribution >= 0.6 is 0 Å². The fourth-order valence-electron chi connectivity index (χ4n) is 5.55. The lowest BCUT2D eigenvalue weighted by Crippen LogP contribution is -2.29. The van der Waals surface area contributed by atoms with Crippen molar-refractivity contribution < 1.29 is 8.39 Å². The van der Waals surface area contributed by atoms with E-state index >= 15 is 0 Å². The van der Waals surface area contributed by atoms with Crippen molar-refractivity contribution >= 4 is 15.7 Å². The zero-order valence-electron chi connectivity index (χ0n) is 17.1. The van der Waals surface area contributed by atoms with Gasteiger partial charge in [0, 0.05) is 0 Å². The van der Waals surface area contributed by atoms with E-state index in [1.807, 2.05) is 0 Å². The summed E-state index contributed by atoms with van der Waals surface area (Å²) in [6.45, 7) is 4.81. The molecule has 0 aliphatic heterocycles. The van der Waals surface area contributed by atoms with Gasteiger partial charge >= 0.3 is 0 Å². The first kappa shape index (κ1) is 20.5. The van der Waals surface area contributed by atoms with Crippen LogP contribution in [0.5, 0.6) is 0 Å². The first-order chi connectivity index (χ1) is 12.4. The van der Waals surface area contributed by atoms with Crippen molar-refractivity contribution in [3.63, 3.8) is 0 Å². The molecule has 2 nitrogen and oxygen atoms in total. The Morgan fingerprint density at radius 1 is 1.00 bits per heavy atom. The molecule has 0 aromatic rings. The third-order valence-corrected chi connectivity index (χ3v) is 9.66. The van der Waals surface area contributed by atoms with Crippen LogP contribution in [0.15, 0.2) is 12.2 Å². The molecule has 0 bridgehead atoms. The van der Waals surface area contributed by atoms with Crippen LogP contribution in [0.3, 0.4) is 0 Å². The molecule has 26 heavy (non-hydrogen) atoms. The van der Waals surface area contributed by atoms with Crippen LogP contribution in [0.1, 0.15) is 97.3 Å². The highest BCUT2D eigenvalue weighted by Gasteiger charge is 2.37. The smallest absolute Gasteiger partial charge is 0.0802 e. The molecule has 0 spiro atoms. The molecule has 0 amide bonds. The van der Waals surface area contributed by atoms with Crippen LogP contribution in [-0.2, 0) is 14.0 Å². The van der Waals surface area contributed by atoms with E-state index in [0.29, 0.717) is 5.41 Å². The molecule has 3 rings (SSSR count). The fourth-order valence-corrected chi connectivity index (χ4v) is 7.38. The van der Waals surface area contributed by atoms with Crippen LogP contribution in [0.4, 0.5) is 0 Å². The van der Waals surface area contributed by atoms with E-state index in [4.69, 9.17) is 4.18 Å². The molecule has 2 saturated carbocycles. The summed E-state index contributed by atoms with van der Waals surface area (Å²) < 4.78 is 19.6. The van der Waals surface area contributed by atoms with Gasteiger partial charge in [0.05, 0.1) is 21.2 Å². The van der Waals surface area contributed by atoms with Crippen molar-refractivity contribution in [2.24, 2.45) is 17.3 Å². The van der Waals surface area contributed by atoms with Crippen LogP contribution in [0.25, 0.3) is 0 Å². The number of hydrogen-bond donors (Lipinski definition) is 0. The van der Waals surface area contributed by atoms with Crippen molar-refractivity contribution in [1.29, 1.82) is 0 Å². The van der Waals surface area contributed by atoms with Crippen molar-refractivity contribution in [2.45, 2.75) is 109 Å². The zero-order chi connectivity index (χ0) is 18.6. The third kappa shape index (κ3) is 5.16. The van der Waals surface area contributed by atoms with E-state index in [1.54, 1.807) is 0 Å². The first-order valence-corrected chi connectivity index (χ1v) is 12.8. The zero-order valence-corrected chi connectivity index (χ0v) is 17.9. The lowest BCUT2D eigenvalue weighted by molar-refractivity contribution is 0.134. The summed E-state index contributed by atoms with van der Waals surface area (Å²) in [5.41, 5.74) is 0.433. The van der Waals surface area contributed by atoms with Crippen molar-refractivity contribution in [2.75, 3.05) is 0 Å². The maximum Gasteiger partial charge on any atom is 0.0802 e. The van der Waals surface area contributed by atoms with Gasteiger partial charge in [0.15, 0.2) is 0 Å². The lowest BCUT2D eigenvalue weighted by atomic mass is 9.67. The Balaban J connectivity index is 1.57. The van der Waals surface area contributed by atoms with Gasteiger partial charge in [-0.15, -0.1) is 0 Å². The largest absolute Gasteiger partial charge is 0.295 e. The highest BCUT2D eigenvalue weighted by Crippen LogP contribution is 2.46. The van der Waals surface area contributed by atoms with Crippen molar-refractivity contribution in [1.82, 2.24) is 0 Å². The van der Waals surface area contributed by atoms with Crippen molar-refractivity contribution in [3.8, 4) is 0 Å². The summed E-state index contributed by atoms with van der Waals surface area (Å²) in [5, 5.41) is 0.172. The lowest BCUT2D eigenvalue weighted by Gasteiger charge is -2.38. The molecule has 0 aromatic carbocycles. The second-order valence-electron chi connectivity index (χ2n) is 9.68. The molecular formula is C23H40O2S. The SMILES string of the molecule is C=S(=O)(OC1CCCC(C)(C2CC=CCC2)CC1)C1CCCC(C)CC1. The minimum absolute atomic E-state index is 0.154. The molecule has 3 aliphatic rings. The van der Waals surface area contributed by atoms with Crippen LogP contribution in [-0.4, -0.2) is 21.4 Å². The van der Waals surface area contributed by atoms with E-state index < -0.39 is 9.80 Å². The molecule has 0 N–H and O–H groups in total. The van der Waals surface area contributed by atoms with Crippen LogP contribution in [0, 0.1) is 17.3 Å². The maximum absolute atomic E-state index is 13.3. The number of allylic oxidation sites excluding steroid dienone is 2. The second-order valence-corrected chi connectivity index (χ2v) is 11.9. The Bertz CT molecular complexity index is 579. The van der Waals surface area contributed by atoms with E-state index in [9.17, 15) is 4.21 Å². The summed E-state index contributed by atoms with van der Waals surface area (Å²) in [6, 6.07) is 0. The quantitative estimate of drug-likeness (QED) is 0.325. The van der Waals surface area contributed by atoms with Crippen molar-refractivity contribution in [3.05, 3.63) is 12.2 Å². The minimum atomic E-state index is -2.42. The van der Waals surface area contributed by atoms with Gasteiger partial charge in [0.2, 0.25) is 0 Å². The van der Waals surface area contributed by atoms with Gasteiger partial charge in [-0.3, -0.25) is 4.18 Å². The number of hydrogen-bond acceptors (Lipinski definition) is 2. The Morgan fingerprint density at radius 2 is 1.85 bits per heavy atom. The molecule has 6 unspecified atom stereocenters. The molecule has 0 saturated heterocycles. The van der Waals surface area contributed by atoms with Gasteiger partial charge in [-0.05, 0) is 87.3 Å². The Labute approximate surface area is 162 Å². The normalized spacial score (nSPS) is 41.8. The van der Waals surface area contributed by atoms with Gasteiger partial charge in [-0.1, -0.05) is 45.3 Å². The fraction of sp³-hybridized carbons (Fsp3) is 0.870. The Morgan fingerprint density at radius 3 is 2.62 bits per heavy atom. The third-order valence-electron chi connectivity index (χ3n) is 7.58. The van der Waals surface area contributed by atoms with Gasteiger partial charge in [0.1, 0.15) is 0 Å². The molecular weight excluding hydrogens is 340 g/mol. The molecule has 3 heteroatoms. The molecule has 0 radical (unpaired) electrons. The molecule has 150 valence electrons. The first-order valence-electron chi connectivity index (χ1n) is 11.1. The van der Waals surface area contributed by atoms with Gasteiger partial charge in [-0.2, -0.15) is 0 Å². The van der Waals surface area contributed by atoms with Crippen LogP contribution in [0.2, 0.25) is 0 Å². The summed E-state index contributed by atoms with van der Waals surface area (Å²) in [5.74, 6) is 5.69. The van der Waals surface area contributed by atoms with Gasteiger partial charge in [0.25, 0.3) is 0 Å². The average molecular weight is 381 g/mol. The number of rotatable bonds is 4. The highest BCUT2D eigenvalue weighted by atomic mass is 32.2. The monoisotopic (exact) mass is 380 g/mol. The van der Waals surface area contributed by atoms with Gasteiger partial charge < -0.3 is 0 Å². The molecule has 3 aliphatic carbocycles. The Kier molecular flexibility index (Phi) is 6.94. The topological polar surface area (TPSA) is 26.3 Å². The second kappa shape index (κ2) is 8.82. The average Bonchev–Trinajstić information content (AvgIpc) is 2.95. The predicted molar refractivity (Wildman–Crippen MR) is 114 cm³/mol. The summed E-state index contributed by atoms with van der Waals surface area (Å²) in [7, 11) is -2.42. The predicted octanol–water partition coefficient (Wildman–Crippen LogP) is 6.30. The standard InChI is InChI=1S/C23H40O2S/c1-19-9-7-13-22(15-14-19)26(3,24)25-21-12-8-17-23(2,18-16-21)20-10-5-4-6-11-20/h4-5,19-22H,3,6-18H2,1-2H3. The Hall–Kier alpha value is -0.280. The summed E-state index contributed by atoms with van der Waals surface area (Å²) >= 11 is 0. The van der Waals surface area contributed by atoms with E-state index in [1.165, 1.54) is 57.8 Å². The molecule has 2 fully saturated rings. The van der Waals surface area contributed by atoms with Crippen LogP contribution < -0.4 is 0 Å². The van der Waals surface area contributed by atoms with E-state index in [2.05, 4.69) is 31.9 Å². The van der Waals surface area contributed by atoms with E-state index in [0.717, 1.165) is 37.5 Å². The highest BCUT2D eigenvalue weighted by molar-refractivity contribution is 7.96. The minimum Gasteiger partial charge on any atom is -0.295 e. The summed E-state index contributed by atoms with van der Waals surface area (Å²) in [6.07, 6.45) is 20.2. The molecule has 6 atom stereocenters.